The topological polar surface area (TPSA) is 143 Å². The number of rotatable bonds is 17. The Kier molecular flexibility index (Phi) is 14.1. The van der Waals surface area contributed by atoms with Gasteiger partial charge in [-0.15, -0.1) is 11.8 Å². The van der Waals surface area contributed by atoms with Gasteiger partial charge in [-0.1, -0.05) is 140 Å². The normalized spacial score (nSPS) is 13.3. The summed E-state index contributed by atoms with van der Waals surface area (Å²) in [5, 5.41) is 18.7. The first-order chi connectivity index (χ1) is 28.5. The number of alkyl carbamates (subject to hydrolysis) is 2. The quantitative estimate of drug-likeness (QED) is 0.0539. The molecule has 0 fully saturated rings. The van der Waals surface area contributed by atoms with Crippen LogP contribution in [0.5, 0.6) is 0 Å². The Balaban J connectivity index is 1.18. The highest BCUT2D eigenvalue weighted by Crippen LogP contribution is 2.49. The van der Waals surface area contributed by atoms with Crippen LogP contribution >= 0.6 is 11.8 Å². The second kappa shape index (κ2) is 19.6. The zero-order valence-corrected chi connectivity index (χ0v) is 34.4. The van der Waals surface area contributed by atoms with Crippen LogP contribution in [0, 0.1) is 0 Å². The van der Waals surface area contributed by atoms with Crippen LogP contribution in [0.2, 0.25) is 0 Å². The van der Waals surface area contributed by atoms with E-state index in [1.165, 1.54) is 11.8 Å². The van der Waals surface area contributed by atoms with Crippen molar-refractivity contribution in [1.29, 1.82) is 0 Å². The van der Waals surface area contributed by atoms with Gasteiger partial charge in [0.15, 0.2) is 0 Å². The molecule has 0 saturated carbocycles. The van der Waals surface area contributed by atoms with Gasteiger partial charge in [0.05, 0.1) is 4.75 Å². The second-order valence-electron chi connectivity index (χ2n) is 15.4. The van der Waals surface area contributed by atoms with Gasteiger partial charge < -0.3 is 30.5 Å². The minimum absolute atomic E-state index is 0.00275. The second-order valence-corrected chi connectivity index (χ2v) is 16.7. The van der Waals surface area contributed by atoms with Crippen LogP contribution in [-0.4, -0.2) is 65.8 Å². The zero-order chi connectivity index (χ0) is 41.8. The van der Waals surface area contributed by atoms with E-state index in [0.717, 1.165) is 38.9 Å². The van der Waals surface area contributed by atoms with Gasteiger partial charge in [-0.25, -0.2) is 14.4 Å². The molecule has 2 atom stereocenters. The molecule has 5 aromatic carbocycles. The molecular weight excluding hydrogens is 763 g/mol. The van der Waals surface area contributed by atoms with Gasteiger partial charge >= 0.3 is 18.2 Å². The number of aliphatic carboxylic acids is 1. The number of thioether (sulfide) groups is 1. The maximum absolute atomic E-state index is 14.1. The van der Waals surface area contributed by atoms with E-state index in [9.17, 15) is 24.3 Å². The average Bonchev–Trinajstić information content (AvgIpc) is 3.56. The molecule has 0 bridgehead atoms. The van der Waals surface area contributed by atoms with E-state index < -0.39 is 46.5 Å². The number of amides is 3. The van der Waals surface area contributed by atoms with Crippen LogP contribution in [0.3, 0.4) is 0 Å². The maximum Gasteiger partial charge on any atom is 0.407 e. The summed E-state index contributed by atoms with van der Waals surface area (Å²) in [6.45, 7) is 5.65. The number of carbonyl (C=O) groups excluding carboxylic acids is 3. The van der Waals surface area contributed by atoms with Crippen molar-refractivity contribution in [1.82, 2.24) is 16.0 Å². The highest BCUT2D eigenvalue weighted by molar-refractivity contribution is 8.00. The fourth-order valence-corrected chi connectivity index (χ4v) is 9.00. The van der Waals surface area contributed by atoms with Crippen molar-refractivity contribution in [2.45, 2.75) is 68.4 Å². The molecule has 10 nitrogen and oxygen atoms in total. The zero-order valence-electron chi connectivity index (χ0n) is 33.6. The summed E-state index contributed by atoms with van der Waals surface area (Å²) in [5.74, 6) is -2.06. The number of unbranched alkanes of at least 4 members (excludes halogenated alkanes) is 1. The van der Waals surface area contributed by atoms with Crippen LogP contribution < -0.4 is 16.0 Å². The third-order valence-corrected chi connectivity index (χ3v) is 11.8. The first-order valence-corrected chi connectivity index (χ1v) is 20.9. The summed E-state index contributed by atoms with van der Waals surface area (Å²) in [7, 11) is 0. The van der Waals surface area contributed by atoms with Crippen molar-refractivity contribution in [3.63, 3.8) is 0 Å². The molecule has 1 aliphatic rings. The molecule has 11 heteroatoms. The third kappa shape index (κ3) is 10.7. The lowest BCUT2D eigenvalue weighted by atomic mass is 9.84. The minimum atomic E-state index is -1.32. The molecule has 0 aliphatic heterocycles. The van der Waals surface area contributed by atoms with Crippen molar-refractivity contribution in [2.75, 3.05) is 18.9 Å². The van der Waals surface area contributed by atoms with Gasteiger partial charge in [0.25, 0.3) is 0 Å². The Morgan fingerprint density at radius 2 is 1.14 bits per heavy atom. The number of hydrogen-bond donors (Lipinski definition) is 4. The van der Waals surface area contributed by atoms with E-state index in [1.807, 2.05) is 140 Å². The Bertz CT molecular complexity index is 2050. The van der Waals surface area contributed by atoms with Gasteiger partial charge in [0.1, 0.15) is 24.3 Å². The number of carboxylic acid groups (broad SMARTS) is 1. The predicted octanol–water partition coefficient (Wildman–Crippen LogP) is 8.88. The predicted molar refractivity (Wildman–Crippen MR) is 231 cm³/mol. The largest absolute Gasteiger partial charge is 0.480 e. The summed E-state index contributed by atoms with van der Waals surface area (Å²) in [6, 6.07) is 43.2. The molecule has 6 rings (SSSR count). The van der Waals surface area contributed by atoms with Crippen molar-refractivity contribution in [2.24, 2.45) is 0 Å². The Morgan fingerprint density at radius 3 is 1.63 bits per heavy atom. The Labute approximate surface area is 350 Å². The van der Waals surface area contributed by atoms with Crippen molar-refractivity contribution >= 4 is 35.8 Å². The number of nitrogens with one attached hydrogen (secondary N) is 3. The Hall–Kier alpha value is -6.07. The molecule has 0 radical (unpaired) electrons. The molecular formula is C48H51N3O7S. The SMILES string of the molecule is CC(C)(C)OC(=O)NCCCC[C@H](NC(=O)OCC1c2ccccc2-c2ccccc21)C(=O)N[C@@H](CSC(c1ccccc1)(c1ccccc1)c1ccccc1)C(=O)O. The molecule has 3 amide bonds. The summed E-state index contributed by atoms with van der Waals surface area (Å²) >= 11 is 1.41. The number of carbonyl (C=O) groups is 4. The fraction of sp³-hybridized carbons (Fsp3) is 0.292. The van der Waals surface area contributed by atoms with E-state index in [-0.39, 0.29) is 31.2 Å². The molecule has 0 aromatic heterocycles. The Morgan fingerprint density at radius 1 is 0.644 bits per heavy atom. The molecule has 0 heterocycles. The van der Waals surface area contributed by atoms with E-state index in [0.29, 0.717) is 12.8 Å². The summed E-state index contributed by atoms with van der Waals surface area (Å²) in [6.07, 6.45) is -0.294. The van der Waals surface area contributed by atoms with E-state index in [1.54, 1.807) is 20.8 Å². The molecule has 5 aromatic rings. The van der Waals surface area contributed by atoms with Crippen LogP contribution in [-0.2, 0) is 23.8 Å². The number of carboxylic acids is 1. The van der Waals surface area contributed by atoms with Crippen LogP contribution in [0.4, 0.5) is 9.59 Å². The molecule has 306 valence electrons. The number of benzene rings is 5. The van der Waals surface area contributed by atoms with Crippen molar-refractivity contribution in [3.05, 3.63) is 167 Å². The van der Waals surface area contributed by atoms with Gasteiger partial charge in [-0.3, -0.25) is 4.79 Å². The van der Waals surface area contributed by atoms with E-state index in [2.05, 4.69) is 16.0 Å². The fourth-order valence-electron chi connectivity index (χ4n) is 7.45. The maximum atomic E-state index is 14.1. The molecule has 4 N–H and O–H groups in total. The lowest BCUT2D eigenvalue weighted by Crippen LogP contribution is -2.52. The van der Waals surface area contributed by atoms with Crippen LogP contribution in [0.25, 0.3) is 11.1 Å². The molecule has 59 heavy (non-hydrogen) atoms. The van der Waals surface area contributed by atoms with E-state index >= 15 is 0 Å². The van der Waals surface area contributed by atoms with Gasteiger partial charge in [0.2, 0.25) is 5.91 Å². The summed E-state index contributed by atoms with van der Waals surface area (Å²) < 4.78 is 10.3. The highest BCUT2D eigenvalue weighted by atomic mass is 32.2. The van der Waals surface area contributed by atoms with Gasteiger partial charge in [-0.2, -0.15) is 0 Å². The monoisotopic (exact) mass is 813 g/mol. The average molecular weight is 814 g/mol. The molecule has 0 unspecified atom stereocenters. The summed E-state index contributed by atoms with van der Waals surface area (Å²) in [4.78, 5) is 52.7. The molecule has 0 saturated heterocycles. The van der Waals surface area contributed by atoms with Gasteiger partial charge in [0, 0.05) is 18.2 Å². The number of hydrogen-bond acceptors (Lipinski definition) is 7. The number of fused-ring (bicyclic) bond motifs is 3. The third-order valence-electron chi connectivity index (χ3n) is 10.2. The van der Waals surface area contributed by atoms with Crippen molar-refractivity contribution in [3.8, 4) is 11.1 Å². The number of ether oxygens (including phenoxy) is 2. The highest BCUT2D eigenvalue weighted by Gasteiger charge is 2.39. The smallest absolute Gasteiger partial charge is 0.407 e. The van der Waals surface area contributed by atoms with Crippen LogP contribution in [0.1, 0.15) is 73.8 Å². The van der Waals surface area contributed by atoms with Crippen molar-refractivity contribution < 1.29 is 33.8 Å². The first kappa shape index (κ1) is 42.5. The van der Waals surface area contributed by atoms with Gasteiger partial charge in [-0.05, 0) is 79.0 Å². The first-order valence-electron chi connectivity index (χ1n) is 19.9. The minimum Gasteiger partial charge on any atom is -0.480 e. The molecule has 1 aliphatic carbocycles. The van der Waals surface area contributed by atoms with Crippen LogP contribution in [0.15, 0.2) is 140 Å². The molecule has 0 spiro atoms. The lowest BCUT2D eigenvalue weighted by molar-refractivity contribution is -0.141. The van der Waals surface area contributed by atoms with E-state index in [4.69, 9.17) is 9.47 Å². The standard InChI is InChI=1S/C48H51N3O7S/c1-47(2,3)58-45(55)49-30-18-17-29-41(51-46(56)57-31-40-38-27-15-13-25-36(38)37-26-14-16-28-39(37)40)43(52)50-42(44(53)54)32-59-48(33-19-7-4-8-20-33,34-21-9-5-10-22-34)35-23-11-6-12-24-35/h4-16,19-28,40-42H,17-18,29-32H2,1-3H3,(H,49,55)(H,50,52)(H,51,56)(H,53,54)/t41-,42-/m0/s1. The summed E-state index contributed by atoms with van der Waals surface area (Å²) in [5.41, 5.74) is 6.47. The lowest BCUT2D eigenvalue weighted by Gasteiger charge is -2.36.